The molecule has 0 unspecified atom stereocenters. The SMILES string of the molecule is O=C(Nc1cc(CN2C(=O)N(c3ccc(S(=O)(=O)C(F)(F)F)cc3)C(=O)C23CC3)ccn1)c1ccco1. The Morgan fingerprint density at radius 3 is 2.41 bits per heavy atom. The van der Waals surface area contributed by atoms with Gasteiger partial charge in [-0.25, -0.2) is 23.1 Å². The number of furan rings is 1. The van der Waals surface area contributed by atoms with E-state index >= 15 is 0 Å². The van der Waals surface area contributed by atoms with E-state index in [0.29, 0.717) is 30.5 Å². The zero-order valence-corrected chi connectivity index (χ0v) is 19.5. The number of amides is 4. The van der Waals surface area contributed by atoms with Gasteiger partial charge in [-0.2, -0.15) is 13.2 Å². The fourth-order valence-corrected chi connectivity index (χ4v) is 4.84. The number of rotatable bonds is 6. The van der Waals surface area contributed by atoms with Gasteiger partial charge in [-0.3, -0.25) is 9.59 Å². The number of alkyl halides is 3. The van der Waals surface area contributed by atoms with Crippen LogP contribution in [0.5, 0.6) is 0 Å². The molecule has 1 spiro atoms. The number of nitrogens with zero attached hydrogens (tertiary/aromatic N) is 3. The molecular weight excluding hydrogens is 517 g/mol. The molecule has 1 aliphatic carbocycles. The number of hydrogen-bond acceptors (Lipinski definition) is 7. The summed E-state index contributed by atoms with van der Waals surface area (Å²) in [7, 11) is -5.57. The van der Waals surface area contributed by atoms with E-state index in [4.69, 9.17) is 4.42 Å². The largest absolute Gasteiger partial charge is 0.501 e. The van der Waals surface area contributed by atoms with Gasteiger partial charge in [0.25, 0.3) is 21.7 Å². The Morgan fingerprint density at radius 1 is 1.11 bits per heavy atom. The molecule has 0 bridgehead atoms. The second kappa shape index (κ2) is 8.44. The van der Waals surface area contributed by atoms with Crippen molar-refractivity contribution in [1.82, 2.24) is 9.88 Å². The highest BCUT2D eigenvalue weighted by atomic mass is 32.2. The molecule has 1 aromatic carbocycles. The zero-order valence-electron chi connectivity index (χ0n) is 18.7. The summed E-state index contributed by atoms with van der Waals surface area (Å²) in [5, 5.41) is 2.57. The van der Waals surface area contributed by atoms with Crippen LogP contribution in [0.4, 0.5) is 29.5 Å². The molecule has 3 heterocycles. The molecule has 2 fully saturated rings. The fourth-order valence-electron chi connectivity index (χ4n) is 4.08. The number of carbonyl (C=O) groups is 3. The molecule has 1 N–H and O–H groups in total. The van der Waals surface area contributed by atoms with E-state index in [1.54, 1.807) is 12.1 Å². The summed E-state index contributed by atoms with van der Waals surface area (Å²) < 4.78 is 66.8. The van der Waals surface area contributed by atoms with Gasteiger partial charge in [0, 0.05) is 12.7 Å². The van der Waals surface area contributed by atoms with E-state index < -0.39 is 43.6 Å². The zero-order chi connectivity index (χ0) is 26.6. The summed E-state index contributed by atoms with van der Waals surface area (Å²) in [6.07, 6.45) is 3.55. The monoisotopic (exact) mass is 534 g/mol. The van der Waals surface area contributed by atoms with Crippen molar-refractivity contribution in [3.63, 3.8) is 0 Å². The van der Waals surface area contributed by atoms with Crippen LogP contribution >= 0.6 is 0 Å². The summed E-state index contributed by atoms with van der Waals surface area (Å²) in [5.41, 5.74) is -6.07. The minimum absolute atomic E-state index is 0.00620. The van der Waals surface area contributed by atoms with Gasteiger partial charge in [-0.05, 0) is 66.9 Å². The highest BCUT2D eigenvalue weighted by molar-refractivity contribution is 7.92. The summed E-state index contributed by atoms with van der Waals surface area (Å²) in [5.74, 6) is -0.804. The molecule has 0 atom stereocenters. The number of anilines is 2. The molecule has 1 aliphatic heterocycles. The molecule has 0 radical (unpaired) electrons. The molecule has 37 heavy (non-hydrogen) atoms. The number of halogens is 3. The van der Waals surface area contributed by atoms with Gasteiger partial charge in [0.05, 0.1) is 16.8 Å². The Kier molecular flexibility index (Phi) is 5.58. The van der Waals surface area contributed by atoms with E-state index in [0.717, 1.165) is 17.0 Å². The van der Waals surface area contributed by atoms with E-state index in [2.05, 4.69) is 10.3 Å². The van der Waals surface area contributed by atoms with E-state index in [-0.39, 0.29) is 23.8 Å². The van der Waals surface area contributed by atoms with E-state index in [1.807, 2.05) is 0 Å². The average Bonchev–Trinajstić information content (AvgIpc) is 3.40. The molecular formula is C23H17F3N4O6S. The number of imide groups is 1. The summed E-state index contributed by atoms with van der Waals surface area (Å²) in [6, 6.07) is 8.86. The van der Waals surface area contributed by atoms with Gasteiger partial charge in [-0.1, -0.05) is 0 Å². The quantitative estimate of drug-likeness (QED) is 0.477. The second-order valence-electron chi connectivity index (χ2n) is 8.46. The van der Waals surface area contributed by atoms with Gasteiger partial charge in [0.2, 0.25) is 0 Å². The van der Waals surface area contributed by atoms with Crippen LogP contribution < -0.4 is 10.2 Å². The molecule has 192 valence electrons. The number of hydrogen-bond donors (Lipinski definition) is 1. The third-order valence-corrected chi connectivity index (χ3v) is 7.63. The smallest absolute Gasteiger partial charge is 0.459 e. The number of benzene rings is 1. The lowest BCUT2D eigenvalue weighted by Gasteiger charge is -2.21. The Balaban J connectivity index is 1.37. The standard InChI is InChI=1S/C23H17F3N4O6S/c24-23(25,26)37(34,35)16-5-3-15(4-6-16)30-20(32)22(8-9-22)29(21(30)33)13-14-7-10-27-18(12-14)28-19(31)17-2-1-11-36-17/h1-7,10-12H,8-9,13H2,(H,27,28,31). The molecule has 3 aromatic rings. The molecule has 4 amide bonds. The maximum atomic E-state index is 13.3. The van der Waals surface area contributed by atoms with Crippen LogP contribution in [0.15, 0.2) is 70.3 Å². The van der Waals surface area contributed by atoms with Crippen LogP contribution in [0.3, 0.4) is 0 Å². The van der Waals surface area contributed by atoms with E-state index in [1.165, 1.54) is 29.5 Å². The van der Waals surface area contributed by atoms with Crippen LogP contribution in [0.2, 0.25) is 0 Å². The molecule has 1 saturated heterocycles. The molecule has 14 heteroatoms. The van der Waals surface area contributed by atoms with Crippen molar-refractivity contribution >= 4 is 39.2 Å². The molecule has 5 rings (SSSR count). The lowest BCUT2D eigenvalue weighted by molar-refractivity contribution is -0.120. The van der Waals surface area contributed by atoms with Crippen LogP contribution in [0, 0.1) is 0 Å². The summed E-state index contributed by atoms with van der Waals surface area (Å²) in [4.78, 5) is 43.9. The number of sulfone groups is 1. The predicted molar refractivity (Wildman–Crippen MR) is 121 cm³/mol. The van der Waals surface area contributed by atoms with Crippen molar-refractivity contribution in [3.8, 4) is 0 Å². The first-order chi connectivity index (χ1) is 17.4. The predicted octanol–water partition coefficient (Wildman–Crippen LogP) is 3.72. The van der Waals surface area contributed by atoms with Crippen molar-refractivity contribution in [1.29, 1.82) is 0 Å². The number of carbonyl (C=O) groups excluding carboxylic acids is 3. The highest BCUT2D eigenvalue weighted by Gasteiger charge is 2.65. The third kappa shape index (κ3) is 4.12. The first-order valence-corrected chi connectivity index (χ1v) is 12.3. The number of pyridine rings is 1. The first-order valence-electron chi connectivity index (χ1n) is 10.8. The molecule has 2 aromatic heterocycles. The van der Waals surface area contributed by atoms with Crippen LogP contribution in [0.25, 0.3) is 0 Å². The second-order valence-corrected chi connectivity index (χ2v) is 10.4. The van der Waals surface area contributed by atoms with Crippen LogP contribution in [0.1, 0.15) is 29.0 Å². The van der Waals surface area contributed by atoms with Crippen molar-refractivity contribution in [2.75, 3.05) is 10.2 Å². The van der Waals surface area contributed by atoms with Crippen LogP contribution in [-0.4, -0.2) is 47.2 Å². The maximum absolute atomic E-state index is 13.3. The first kappa shape index (κ1) is 24.5. The normalized spacial score (nSPS) is 16.9. The van der Waals surface area contributed by atoms with Crippen molar-refractivity contribution in [2.45, 2.75) is 35.3 Å². The van der Waals surface area contributed by atoms with Crippen molar-refractivity contribution in [3.05, 3.63) is 72.3 Å². The van der Waals surface area contributed by atoms with E-state index in [9.17, 15) is 36.0 Å². The van der Waals surface area contributed by atoms with Gasteiger partial charge in [0.1, 0.15) is 11.4 Å². The Bertz CT molecular complexity index is 1500. The van der Waals surface area contributed by atoms with Gasteiger partial charge in [-0.15, -0.1) is 0 Å². The Labute approximate surface area is 207 Å². The lowest BCUT2D eigenvalue weighted by atomic mass is 10.2. The third-order valence-electron chi connectivity index (χ3n) is 6.13. The van der Waals surface area contributed by atoms with Gasteiger partial charge < -0.3 is 14.6 Å². The summed E-state index contributed by atoms with van der Waals surface area (Å²) >= 11 is 0. The lowest BCUT2D eigenvalue weighted by Crippen LogP contribution is -2.36. The Hall–Kier alpha value is -4.20. The minimum Gasteiger partial charge on any atom is -0.459 e. The number of aromatic nitrogens is 1. The topological polar surface area (TPSA) is 130 Å². The number of urea groups is 1. The summed E-state index contributed by atoms with van der Waals surface area (Å²) in [6.45, 7) is -0.00620. The minimum atomic E-state index is -5.57. The van der Waals surface area contributed by atoms with Crippen LogP contribution in [-0.2, 0) is 21.2 Å². The molecule has 1 saturated carbocycles. The Morgan fingerprint density at radius 2 is 1.81 bits per heavy atom. The fraction of sp³-hybridized carbons (Fsp3) is 0.217. The van der Waals surface area contributed by atoms with Gasteiger partial charge >= 0.3 is 11.5 Å². The number of nitrogens with one attached hydrogen (secondary N) is 1. The maximum Gasteiger partial charge on any atom is 0.501 e. The van der Waals surface area contributed by atoms with Crippen molar-refractivity contribution in [2.24, 2.45) is 0 Å². The highest BCUT2D eigenvalue weighted by Crippen LogP contribution is 2.49. The van der Waals surface area contributed by atoms with Gasteiger partial charge in [0.15, 0.2) is 5.76 Å². The van der Waals surface area contributed by atoms with Crippen molar-refractivity contribution < 1.29 is 40.4 Å². The average molecular weight is 534 g/mol. The molecule has 2 aliphatic rings. The molecule has 10 nitrogen and oxygen atoms in total.